The SMILES string of the molecule is C[C@H](NC(=O)c1ncnc2nc(C3CCCC3)[nH]c12)c1cccc(-c2cnn(C)c2)c1. The number of fused-ring (bicyclic) bond motifs is 1. The number of nitrogens with zero attached hydrogens (tertiary/aromatic N) is 5. The molecule has 5 rings (SSSR count). The average molecular weight is 416 g/mol. The Labute approximate surface area is 180 Å². The molecule has 1 saturated carbocycles. The summed E-state index contributed by atoms with van der Waals surface area (Å²) in [5.74, 6) is 1.09. The van der Waals surface area contributed by atoms with Crippen LogP contribution in [0, 0.1) is 0 Å². The van der Waals surface area contributed by atoms with Crippen molar-refractivity contribution in [3.05, 3.63) is 60.1 Å². The van der Waals surface area contributed by atoms with Gasteiger partial charge in [0, 0.05) is 24.7 Å². The molecule has 1 aliphatic carbocycles. The van der Waals surface area contributed by atoms with Crippen LogP contribution in [0.5, 0.6) is 0 Å². The lowest BCUT2D eigenvalue weighted by atomic mass is 10.0. The summed E-state index contributed by atoms with van der Waals surface area (Å²) in [6.07, 6.45) is 9.90. The first-order valence-corrected chi connectivity index (χ1v) is 10.7. The summed E-state index contributed by atoms with van der Waals surface area (Å²) in [6, 6.07) is 7.93. The molecule has 158 valence electrons. The van der Waals surface area contributed by atoms with Gasteiger partial charge in [-0.05, 0) is 37.0 Å². The highest BCUT2D eigenvalue weighted by Gasteiger charge is 2.23. The van der Waals surface area contributed by atoms with E-state index in [-0.39, 0.29) is 11.9 Å². The summed E-state index contributed by atoms with van der Waals surface area (Å²) in [5.41, 5.74) is 4.60. The maximum atomic E-state index is 13.1. The highest BCUT2D eigenvalue weighted by Crippen LogP contribution is 2.33. The number of carbonyl (C=O) groups excluding carboxylic acids is 1. The first-order chi connectivity index (χ1) is 15.1. The Morgan fingerprint density at radius 2 is 2.06 bits per heavy atom. The molecule has 3 aromatic heterocycles. The third-order valence-electron chi connectivity index (χ3n) is 6.04. The molecule has 4 aromatic rings. The molecule has 0 unspecified atom stereocenters. The number of aromatic amines is 1. The first-order valence-electron chi connectivity index (χ1n) is 10.7. The number of benzene rings is 1. The van der Waals surface area contributed by atoms with Crippen molar-refractivity contribution in [2.24, 2.45) is 7.05 Å². The van der Waals surface area contributed by atoms with Crippen LogP contribution >= 0.6 is 0 Å². The Morgan fingerprint density at radius 3 is 2.84 bits per heavy atom. The fourth-order valence-electron chi connectivity index (χ4n) is 4.32. The highest BCUT2D eigenvalue weighted by molar-refractivity contribution is 6.02. The van der Waals surface area contributed by atoms with E-state index in [0.717, 1.165) is 35.4 Å². The summed E-state index contributed by atoms with van der Waals surface area (Å²) in [5, 5.41) is 7.31. The maximum Gasteiger partial charge on any atom is 0.272 e. The van der Waals surface area contributed by atoms with E-state index in [4.69, 9.17) is 0 Å². The van der Waals surface area contributed by atoms with Crippen LogP contribution < -0.4 is 5.32 Å². The Kier molecular flexibility index (Phi) is 4.97. The van der Waals surface area contributed by atoms with Crippen LogP contribution in [-0.4, -0.2) is 35.6 Å². The normalized spacial score (nSPS) is 15.4. The minimum absolute atomic E-state index is 0.189. The number of amides is 1. The molecule has 1 aliphatic rings. The fourth-order valence-corrected chi connectivity index (χ4v) is 4.32. The summed E-state index contributed by atoms with van der Waals surface area (Å²) < 4.78 is 1.78. The number of rotatable bonds is 5. The quantitative estimate of drug-likeness (QED) is 0.515. The third-order valence-corrected chi connectivity index (χ3v) is 6.04. The third kappa shape index (κ3) is 3.81. The summed E-state index contributed by atoms with van der Waals surface area (Å²) in [4.78, 5) is 29.5. The summed E-state index contributed by atoms with van der Waals surface area (Å²) in [7, 11) is 1.90. The average Bonchev–Trinajstić information content (AvgIpc) is 3.53. The summed E-state index contributed by atoms with van der Waals surface area (Å²) >= 11 is 0. The van der Waals surface area contributed by atoms with E-state index >= 15 is 0 Å². The Balaban J connectivity index is 1.38. The van der Waals surface area contributed by atoms with Crippen LogP contribution in [0.2, 0.25) is 0 Å². The van der Waals surface area contributed by atoms with Gasteiger partial charge in [-0.1, -0.05) is 31.0 Å². The van der Waals surface area contributed by atoms with Crippen LogP contribution in [0.25, 0.3) is 22.3 Å². The Morgan fingerprint density at radius 1 is 1.23 bits per heavy atom. The minimum Gasteiger partial charge on any atom is -0.344 e. The second kappa shape index (κ2) is 7.94. The zero-order valence-electron chi connectivity index (χ0n) is 17.7. The molecule has 3 heterocycles. The van der Waals surface area contributed by atoms with Gasteiger partial charge in [0.1, 0.15) is 17.7 Å². The molecule has 1 atom stereocenters. The minimum atomic E-state index is -0.242. The van der Waals surface area contributed by atoms with Crippen molar-refractivity contribution in [2.75, 3.05) is 0 Å². The molecular formula is C23H25N7O. The van der Waals surface area contributed by atoms with Gasteiger partial charge in [-0.3, -0.25) is 9.48 Å². The second-order valence-corrected chi connectivity index (χ2v) is 8.25. The van der Waals surface area contributed by atoms with Crippen molar-refractivity contribution in [3.63, 3.8) is 0 Å². The Hall–Kier alpha value is -3.55. The van der Waals surface area contributed by atoms with E-state index < -0.39 is 0 Å². The van der Waals surface area contributed by atoms with Crippen molar-refractivity contribution in [3.8, 4) is 11.1 Å². The van der Waals surface area contributed by atoms with E-state index in [0.29, 0.717) is 22.8 Å². The van der Waals surface area contributed by atoms with Crippen LogP contribution in [0.3, 0.4) is 0 Å². The number of imidazole rings is 1. The van der Waals surface area contributed by atoms with Crippen LogP contribution in [-0.2, 0) is 7.05 Å². The van der Waals surface area contributed by atoms with Gasteiger partial charge in [0.05, 0.1) is 12.2 Å². The predicted octanol–water partition coefficient (Wildman–Crippen LogP) is 3.90. The lowest BCUT2D eigenvalue weighted by molar-refractivity contribution is 0.0936. The van der Waals surface area contributed by atoms with Crippen molar-refractivity contribution in [1.29, 1.82) is 0 Å². The predicted molar refractivity (Wildman–Crippen MR) is 117 cm³/mol. The molecule has 0 spiro atoms. The van der Waals surface area contributed by atoms with E-state index in [9.17, 15) is 4.79 Å². The molecule has 2 N–H and O–H groups in total. The summed E-state index contributed by atoms with van der Waals surface area (Å²) in [6.45, 7) is 1.97. The van der Waals surface area contributed by atoms with E-state index in [2.05, 4.69) is 36.4 Å². The lowest BCUT2D eigenvalue weighted by Crippen LogP contribution is -2.27. The van der Waals surface area contributed by atoms with Crippen molar-refractivity contribution < 1.29 is 4.79 Å². The van der Waals surface area contributed by atoms with Gasteiger partial charge < -0.3 is 10.3 Å². The van der Waals surface area contributed by atoms with Gasteiger partial charge in [0.25, 0.3) is 5.91 Å². The molecule has 1 fully saturated rings. The van der Waals surface area contributed by atoms with Gasteiger partial charge in [-0.25, -0.2) is 15.0 Å². The van der Waals surface area contributed by atoms with Gasteiger partial charge in [0.2, 0.25) is 0 Å². The molecule has 1 amide bonds. The molecule has 1 aromatic carbocycles. The number of nitrogens with one attached hydrogen (secondary N) is 2. The monoisotopic (exact) mass is 415 g/mol. The van der Waals surface area contributed by atoms with E-state index in [1.165, 1.54) is 19.2 Å². The zero-order chi connectivity index (χ0) is 21.4. The lowest BCUT2D eigenvalue weighted by Gasteiger charge is -2.15. The van der Waals surface area contributed by atoms with Gasteiger partial charge in [0.15, 0.2) is 11.3 Å². The van der Waals surface area contributed by atoms with Crippen molar-refractivity contribution in [2.45, 2.75) is 44.6 Å². The number of H-pyrrole nitrogens is 1. The second-order valence-electron chi connectivity index (χ2n) is 8.25. The standard InChI is InChI=1S/C23H25N7O/c1-14(16-8-5-9-17(10-16)18-11-26-30(2)12-18)27-23(31)20-19-22(25-13-24-20)29-21(28-19)15-6-3-4-7-15/h5,8-15H,3-4,6-7H2,1-2H3,(H,27,31)(H,24,25,28,29)/t14-/m0/s1. The van der Waals surface area contributed by atoms with Crippen molar-refractivity contribution in [1.82, 2.24) is 35.0 Å². The topological polar surface area (TPSA) is 101 Å². The zero-order valence-corrected chi connectivity index (χ0v) is 17.7. The molecule has 8 heteroatoms. The largest absolute Gasteiger partial charge is 0.344 e. The molecule has 0 radical (unpaired) electrons. The number of aromatic nitrogens is 6. The van der Waals surface area contributed by atoms with Gasteiger partial charge in [-0.15, -0.1) is 0 Å². The van der Waals surface area contributed by atoms with Gasteiger partial charge >= 0.3 is 0 Å². The molecular weight excluding hydrogens is 390 g/mol. The first kappa shape index (κ1) is 19.4. The van der Waals surface area contributed by atoms with Crippen molar-refractivity contribution >= 4 is 17.1 Å². The number of hydrogen-bond acceptors (Lipinski definition) is 5. The maximum absolute atomic E-state index is 13.1. The van der Waals surface area contributed by atoms with Crippen LogP contribution in [0.15, 0.2) is 43.0 Å². The molecule has 8 nitrogen and oxygen atoms in total. The Bertz CT molecular complexity index is 1240. The molecule has 0 bridgehead atoms. The van der Waals surface area contributed by atoms with Crippen LogP contribution in [0.4, 0.5) is 0 Å². The van der Waals surface area contributed by atoms with E-state index in [1.807, 2.05) is 44.6 Å². The highest BCUT2D eigenvalue weighted by atomic mass is 16.2. The molecule has 0 saturated heterocycles. The smallest absolute Gasteiger partial charge is 0.272 e. The number of aryl methyl sites for hydroxylation is 1. The number of carbonyl (C=O) groups is 1. The fraction of sp³-hybridized carbons (Fsp3) is 0.348. The van der Waals surface area contributed by atoms with Gasteiger partial charge in [-0.2, -0.15) is 5.10 Å². The molecule has 31 heavy (non-hydrogen) atoms. The van der Waals surface area contributed by atoms with Crippen LogP contribution in [0.1, 0.15) is 66.4 Å². The molecule has 0 aliphatic heterocycles. The van der Waals surface area contributed by atoms with E-state index in [1.54, 1.807) is 4.68 Å². The number of hydrogen-bond donors (Lipinski definition) is 2.